The molecule has 2 heterocycles. The molecule has 0 aromatic carbocycles. The highest BCUT2D eigenvalue weighted by molar-refractivity contribution is 4.98. The van der Waals surface area contributed by atoms with E-state index in [4.69, 9.17) is 9.47 Å². The van der Waals surface area contributed by atoms with Crippen molar-refractivity contribution in [1.82, 2.24) is 9.97 Å². The number of ether oxygens (including phenoxy) is 2. The minimum Gasteiger partial charge on any atom is -0.457 e. The number of hydrogen-bond acceptors (Lipinski definition) is 4. The van der Waals surface area contributed by atoms with Crippen LogP contribution in [0.25, 0.3) is 0 Å². The van der Waals surface area contributed by atoms with Crippen molar-refractivity contribution in [3.8, 4) is 6.01 Å². The summed E-state index contributed by atoms with van der Waals surface area (Å²) in [5, 5.41) is 0. The normalized spacial score (nSPS) is 21.1. The van der Waals surface area contributed by atoms with Gasteiger partial charge in [-0.1, -0.05) is 0 Å². The van der Waals surface area contributed by atoms with E-state index in [9.17, 15) is 8.78 Å². The lowest BCUT2D eigenvalue weighted by Gasteiger charge is -2.08. The highest BCUT2D eigenvalue weighted by Crippen LogP contribution is 2.12. The molecule has 1 aliphatic rings. The number of aromatic nitrogens is 2. The molecule has 1 aliphatic heterocycles. The Balaban J connectivity index is 2.07. The molecule has 1 aromatic heterocycles. The molecule has 2 rings (SSSR count). The maximum atomic E-state index is 12.6. The van der Waals surface area contributed by atoms with Gasteiger partial charge in [0.1, 0.15) is 6.10 Å². The predicted molar refractivity (Wildman–Crippen MR) is 41.8 cm³/mol. The second-order valence-corrected chi connectivity index (χ2v) is 2.90. The number of halogens is 2. The van der Waals surface area contributed by atoms with Crippen LogP contribution >= 0.6 is 0 Å². The minimum absolute atomic E-state index is 0.212. The Morgan fingerprint density at radius 3 is 2.64 bits per heavy atom. The van der Waals surface area contributed by atoms with Crippen LogP contribution in [0.4, 0.5) is 8.78 Å². The van der Waals surface area contributed by atoms with Crippen LogP contribution in [0.1, 0.15) is 6.42 Å². The molecule has 0 bridgehead atoms. The van der Waals surface area contributed by atoms with Crippen molar-refractivity contribution < 1.29 is 18.3 Å². The van der Waals surface area contributed by atoms with E-state index < -0.39 is 11.9 Å². The Kier molecular flexibility index (Phi) is 2.53. The molecule has 0 aliphatic carbocycles. The number of hydrogen-bond donors (Lipinski definition) is 0. The van der Waals surface area contributed by atoms with Crippen LogP contribution in [0.15, 0.2) is 6.07 Å². The molecular weight excluding hydrogens is 194 g/mol. The predicted octanol–water partition coefficient (Wildman–Crippen LogP) is 0.923. The zero-order valence-corrected chi connectivity index (χ0v) is 7.24. The first-order chi connectivity index (χ1) is 6.74. The fraction of sp³-hybridized carbons (Fsp3) is 0.500. The van der Waals surface area contributed by atoms with Crippen LogP contribution in [0.3, 0.4) is 0 Å². The summed E-state index contributed by atoms with van der Waals surface area (Å²) in [5.74, 6) is -1.88. The zero-order valence-electron chi connectivity index (χ0n) is 7.24. The number of rotatable bonds is 2. The standard InChI is InChI=1S/C8H8F2N2O2/c9-6-3-7(10)12-8(11-6)14-5-1-2-13-4-5/h3,5H,1-2,4H2/t5-/m0/s1. The lowest BCUT2D eigenvalue weighted by Crippen LogP contribution is -2.17. The summed E-state index contributed by atoms with van der Waals surface area (Å²) in [4.78, 5) is 6.60. The van der Waals surface area contributed by atoms with E-state index in [1.807, 2.05) is 0 Å². The van der Waals surface area contributed by atoms with Crippen molar-refractivity contribution in [2.75, 3.05) is 13.2 Å². The molecule has 1 aromatic rings. The maximum Gasteiger partial charge on any atom is 0.322 e. The first-order valence-electron chi connectivity index (χ1n) is 4.18. The van der Waals surface area contributed by atoms with Gasteiger partial charge < -0.3 is 9.47 Å². The summed E-state index contributed by atoms with van der Waals surface area (Å²) in [5.41, 5.74) is 0. The van der Waals surface area contributed by atoms with Gasteiger partial charge in [-0.15, -0.1) is 0 Å². The molecule has 1 saturated heterocycles. The van der Waals surface area contributed by atoms with E-state index in [0.29, 0.717) is 25.7 Å². The van der Waals surface area contributed by atoms with Crippen molar-refractivity contribution in [3.63, 3.8) is 0 Å². The van der Waals surface area contributed by atoms with Crippen LogP contribution in [0.5, 0.6) is 6.01 Å². The topological polar surface area (TPSA) is 44.2 Å². The molecule has 4 nitrogen and oxygen atoms in total. The van der Waals surface area contributed by atoms with Gasteiger partial charge in [-0.2, -0.15) is 18.7 Å². The molecule has 0 spiro atoms. The Bertz CT molecular complexity index is 309. The Morgan fingerprint density at radius 2 is 2.07 bits per heavy atom. The lowest BCUT2D eigenvalue weighted by molar-refractivity contribution is 0.132. The van der Waals surface area contributed by atoms with Gasteiger partial charge in [-0.3, -0.25) is 0 Å². The van der Waals surface area contributed by atoms with Crippen molar-refractivity contribution in [1.29, 1.82) is 0 Å². The van der Waals surface area contributed by atoms with Crippen molar-refractivity contribution in [2.24, 2.45) is 0 Å². The summed E-state index contributed by atoms with van der Waals surface area (Å²) < 4.78 is 35.3. The maximum absolute atomic E-state index is 12.6. The van der Waals surface area contributed by atoms with E-state index in [2.05, 4.69) is 9.97 Å². The largest absolute Gasteiger partial charge is 0.457 e. The van der Waals surface area contributed by atoms with E-state index in [1.54, 1.807) is 0 Å². The fourth-order valence-corrected chi connectivity index (χ4v) is 1.18. The molecule has 0 unspecified atom stereocenters. The first kappa shape index (κ1) is 9.26. The van der Waals surface area contributed by atoms with Gasteiger partial charge in [-0.25, -0.2) is 0 Å². The molecule has 0 saturated carbocycles. The van der Waals surface area contributed by atoms with Gasteiger partial charge in [0, 0.05) is 12.5 Å². The molecule has 14 heavy (non-hydrogen) atoms. The molecular formula is C8H8F2N2O2. The number of nitrogens with zero attached hydrogens (tertiary/aromatic N) is 2. The van der Waals surface area contributed by atoms with Crippen LogP contribution in [0, 0.1) is 11.9 Å². The fourth-order valence-electron chi connectivity index (χ4n) is 1.18. The minimum atomic E-state index is -0.939. The third-order valence-corrected chi connectivity index (χ3v) is 1.80. The van der Waals surface area contributed by atoms with Gasteiger partial charge in [0.05, 0.1) is 13.2 Å². The average molecular weight is 202 g/mol. The summed E-state index contributed by atoms with van der Waals surface area (Å²) in [6.07, 6.45) is 0.470. The van der Waals surface area contributed by atoms with Gasteiger partial charge in [-0.05, 0) is 0 Å². The van der Waals surface area contributed by atoms with Crippen LogP contribution < -0.4 is 4.74 Å². The second kappa shape index (κ2) is 3.83. The third kappa shape index (κ3) is 2.14. The smallest absolute Gasteiger partial charge is 0.322 e. The Morgan fingerprint density at radius 1 is 1.36 bits per heavy atom. The molecule has 0 amide bonds. The highest BCUT2D eigenvalue weighted by Gasteiger charge is 2.19. The summed E-state index contributed by atoms with van der Waals surface area (Å²) >= 11 is 0. The Labute approximate surface area is 78.9 Å². The average Bonchev–Trinajstić information content (AvgIpc) is 2.54. The molecule has 0 N–H and O–H groups in total. The highest BCUT2D eigenvalue weighted by atomic mass is 19.1. The third-order valence-electron chi connectivity index (χ3n) is 1.80. The summed E-state index contributed by atoms with van der Waals surface area (Å²) in [6.45, 7) is 0.990. The monoisotopic (exact) mass is 202 g/mol. The van der Waals surface area contributed by atoms with Gasteiger partial charge in [0.15, 0.2) is 0 Å². The first-order valence-corrected chi connectivity index (χ1v) is 4.18. The molecule has 1 atom stereocenters. The molecule has 0 radical (unpaired) electrons. The Hall–Kier alpha value is -1.30. The van der Waals surface area contributed by atoms with Crippen molar-refractivity contribution in [2.45, 2.75) is 12.5 Å². The lowest BCUT2D eigenvalue weighted by atomic mass is 10.3. The van der Waals surface area contributed by atoms with Crippen molar-refractivity contribution >= 4 is 0 Å². The van der Waals surface area contributed by atoms with E-state index >= 15 is 0 Å². The van der Waals surface area contributed by atoms with Gasteiger partial charge in [0.25, 0.3) is 0 Å². The molecule has 76 valence electrons. The molecule has 6 heteroatoms. The SMILES string of the molecule is Fc1cc(F)nc(O[C@H]2CCOC2)n1. The molecule has 1 fully saturated rings. The van der Waals surface area contributed by atoms with Crippen LogP contribution in [0.2, 0.25) is 0 Å². The van der Waals surface area contributed by atoms with Crippen LogP contribution in [-0.4, -0.2) is 29.3 Å². The van der Waals surface area contributed by atoms with Crippen molar-refractivity contribution in [3.05, 3.63) is 18.0 Å². The second-order valence-electron chi connectivity index (χ2n) is 2.90. The van der Waals surface area contributed by atoms with E-state index in [1.165, 1.54) is 0 Å². The summed E-state index contributed by atoms with van der Waals surface area (Å²) in [6, 6.07) is 0.316. The van der Waals surface area contributed by atoms with Crippen LogP contribution in [-0.2, 0) is 4.74 Å². The zero-order chi connectivity index (χ0) is 9.97. The summed E-state index contributed by atoms with van der Waals surface area (Å²) in [7, 11) is 0. The van der Waals surface area contributed by atoms with Gasteiger partial charge >= 0.3 is 6.01 Å². The van der Waals surface area contributed by atoms with Gasteiger partial charge in [0.2, 0.25) is 11.9 Å². The quantitative estimate of drug-likeness (QED) is 0.669. The van der Waals surface area contributed by atoms with E-state index in [0.717, 1.165) is 0 Å². The van der Waals surface area contributed by atoms with E-state index in [-0.39, 0.29) is 12.1 Å².